The van der Waals surface area contributed by atoms with Crippen molar-refractivity contribution in [3.8, 4) is 0 Å². The Morgan fingerprint density at radius 2 is 1.50 bits per heavy atom. The largest absolute Gasteiger partial charge is 0.417 e. The van der Waals surface area contributed by atoms with Gasteiger partial charge in [-0.25, -0.2) is 0 Å². The maximum absolute atomic E-state index is 12.8. The van der Waals surface area contributed by atoms with Gasteiger partial charge in [0, 0.05) is 10.9 Å². The summed E-state index contributed by atoms with van der Waals surface area (Å²) in [6, 6.07) is 1.23. The second-order valence-corrected chi connectivity index (χ2v) is 4.08. The van der Waals surface area contributed by atoms with Crippen LogP contribution in [0.5, 0.6) is 0 Å². The zero-order valence-corrected chi connectivity index (χ0v) is 9.47. The molecule has 3 nitrogen and oxygen atoms in total. The molecule has 0 aliphatic heterocycles. The third-order valence-corrected chi connectivity index (χ3v) is 2.67. The van der Waals surface area contributed by atoms with E-state index in [2.05, 4.69) is 4.98 Å². The summed E-state index contributed by atoms with van der Waals surface area (Å²) in [7, 11) is 0. The van der Waals surface area contributed by atoms with Gasteiger partial charge in [0.15, 0.2) is 6.29 Å². The normalized spacial score (nSPS) is 13.4. The van der Waals surface area contributed by atoms with Gasteiger partial charge in [-0.1, -0.05) is 0 Å². The van der Waals surface area contributed by atoms with Gasteiger partial charge in [-0.05, 0) is 18.2 Å². The van der Waals surface area contributed by atoms with Gasteiger partial charge >= 0.3 is 12.4 Å². The van der Waals surface area contributed by atoms with Crippen LogP contribution in [-0.4, -0.2) is 15.2 Å². The number of nitrogens with one attached hydrogen (secondary N) is 1. The Morgan fingerprint density at radius 1 is 0.900 bits per heavy atom. The van der Waals surface area contributed by atoms with Crippen molar-refractivity contribution in [2.45, 2.75) is 18.6 Å². The Balaban J connectivity index is 2.79. The molecule has 0 atom stereocenters. The van der Waals surface area contributed by atoms with Gasteiger partial charge in [0.05, 0.1) is 16.8 Å². The van der Waals surface area contributed by atoms with E-state index < -0.39 is 46.4 Å². The van der Waals surface area contributed by atoms with Crippen LogP contribution < -0.4 is 0 Å². The fourth-order valence-electron chi connectivity index (χ4n) is 1.80. The van der Waals surface area contributed by atoms with E-state index in [1.807, 2.05) is 0 Å². The molecule has 1 heterocycles. The van der Waals surface area contributed by atoms with Crippen molar-refractivity contribution in [2.24, 2.45) is 0 Å². The number of H-pyrrole nitrogens is 1. The number of fused-ring (bicyclic) bond motifs is 1. The van der Waals surface area contributed by atoms with Crippen molar-refractivity contribution in [1.82, 2.24) is 4.98 Å². The first-order chi connectivity index (χ1) is 9.00. The predicted octanol–water partition coefficient (Wildman–Crippen LogP) is 3.19. The van der Waals surface area contributed by atoms with Gasteiger partial charge in [-0.2, -0.15) is 26.3 Å². The Kier molecular flexibility index (Phi) is 3.22. The first kappa shape index (κ1) is 14.7. The fourth-order valence-corrected chi connectivity index (χ4v) is 1.80. The number of alkyl halides is 6. The zero-order chi connectivity index (χ0) is 15.3. The van der Waals surface area contributed by atoms with E-state index in [0.717, 1.165) is 6.07 Å². The molecule has 2 aromatic rings. The Labute approximate surface area is 107 Å². The molecule has 20 heavy (non-hydrogen) atoms. The molecule has 0 unspecified atom stereocenters. The summed E-state index contributed by atoms with van der Waals surface area (Å²) in [6.07, 6.45) is -12.1. The molecule has 2 rings (SSSR count). The van der Waals surface area contributed by atoms with Crippen LogP contribution in [0.3, 0.4) is 0 Å². The number of benzene rings is 1. The number of aliphatic hydroxyl groups is 2. The van der Waals surface area contributed by atoms with Gasteiger partial charge < -0.3 is 15.2 Å². The van der Waals surface area contributed by atoms with E-state index >= 15 is 0 Å². The Hall–Kier alpha value is -1.74. The summed E-state index contributed by atoms with van der Waals surface area (Å²) >= 11 is 0. The van der Waals surface area contributed by atoms with E-state index in [1.165, 1.54) is 0 Å². The van der Waals surface area contributed by atoms with Gasteiger partial charge in [0.1, 0.15) is 0 Å². The van der Waals surface area contributed by atoms with Gasteiger partial charge in [0.25, 0.3) is 0 Å². The highest BCUT2D eigenvalue weighted by Crippen LogP contribution is 2.40. The number of rotatable bonds is 1. The molecule has 1 aromatic heterocycles. The molecule has 3 N–H and O–H groups in total. The van der Waals surface area contributed by atoms with Crippen LogP contribution in [0.25, 0.3) is 10.9 Å². The quantitative estimate of drug-likeness (QED) is 0.559. The minimum absolute atomic E-state index is 0.0102. The third-order valence-electron chi connectivity index (χ3n) is 2.67. The lowest BCUT2D eigenvalue weighted by Crippen LogP contribution is -2.10. The summed E-state index contributed by atoms with van der Waals surface area (Å²) < 4.78 is 76.1. The minimum atomic E-state index is -5.00. The van der Waals surface area contributed by atoms with Crippen LogP contribution in [0, 0.1) is 0 Å². The smallest absolute Gasteiger partial charge is 0.363 e. The van der Waals surface area contributed by atoms with E-state index in [-0.39, 0.29) is 6.07 Å². The van der Waals surface area contributed by atoms with Crippen molar-refractivity contribution in [3.05, 3.63) is 35.0 Å². The standard InChI is InChI=1S/C11H7F6NO2/c12-10(13,14)4-1-6(11(15,16)17)5-3-8(9(19)20)18-7(5)2-4/h1-3,9,18-20H. The lowest BCUT2D eigenvalue weighted by atomic mass is 10.0. The van der Waals surface area contributed by atoms with E-state index in [0.29, 0.717) is 6.07 Å². The fraction of sp³-hybridized carbons (Fsp3) is 0.273. The molecule has 9 heteroatoms. The van der Waals surface area contributed by atoms with Crippen LogP contribution in [0.15, 0.2) is 18.2 Å². The molecule has 0 saturated heterocycles. The van der Waals surface area contributed by atoms with Crippen molar-refractivity contribution in [2.75, 3.05) is 0 Å². The second kappa shape index (κ2) is 4.38. The highest BCUT2D eigenvalue weighted by molar-refractivity contribution is 5.85. The van der Waals surface area contributed by atoms with Crippen LogP contribution in [-0.2, 0) is 12.4 Å². The van der Waals surface area contributed by atoms with Crippen molar-refractivity contribution < 1.29 is 36.6 Å². The van der Waals surface area contributed by atoms with Crippen LogP contribution >= 0.6 is 0 Å². The highest BCUT2D eigenvalue weighted by Gasteiger charge is 2.38. The average Bonchev–Trinajstić information content (AvgIpc) is 2.68. The number of hydrogen-bond donors (Lipinski definition) is 3. The maximum Gasteiger partial charge on any atom is 0.417 e. The Bertz CT molecular complexity index is 641. The van der Waals surface area contributed by atoms with E-state index in [4.69, 9.17) is 10.2 Å². The number of aromatic amines is 1. The number of hydrogen-bond acceptors (Lipinski definition) is 2. The van der Waals surface area contributed by atoms with Gasteiger partial charge in [-0.15, -0.1) is 0 Å². The third kappa shape index (κ3) is 2.59. The van der Waals surface area contributed by atoms with Gasteiger partial charge in [-0.3, -0.25) is 0 Å². The molecule has 0 radical (unpaired) electrons. The number of halogens is 6. The first-order valence-electron chi connectivity index (χ1n) is 5.17. The summed E-state index contributed by atoms with van der Waals surface area (Å²) in [5, 5.41) is 17.2. The molecule has 0 aliphatic rings. The molecule has 0 amide bonds. The SMILES string of the molecule is OC(O)c1cc2c(C(F)(F)F)cc(C(F)(F)F)cc2[nH]1. The summed E-state index contributed by atoms with van der Waals surface area (Å²) in [5.41, 5.74) is -3.87. The molecular weight excluding hydrogens is 292 g/mol. The number of aliphatic hydroxyl groups excluding tert-OH is 1. The molecule has 0 saturated carbocycles. The van der Waals surface area contributed by atoms with Crippen LogP contribution in [0.1, 0.15) is 23.1 Å². The van der Waals surface area contributed by atoms with Gasteiger partial charge in [0.2, 0.25) is 0 Å². The first-order valence-corrected chi connectivity index (χ1v) is 5.17. The summed E-state index contributed by atoms with van der Waals surface area (Å²) in [5.74, 6) is 0. The topological polar surface area (TPSA) is 56.2 Å². The average molecular weight is 299 g/mol. The lowest BCUT2D eigenvalue weighted by Gasteiger charge is -2.12. The highest BCUT2D eigenvalue weighted by atomic mass is 19.4. The molecule has 0 aliphatic carbocycles. The van der Waals surface area contributed by atoms with Crippen molar-refractivity contribution in [3.63, 3.8) is 0 Å². The molecule has 0 spiro atoms. The van der Waals surface area contributed by atoms with E-state index in [9.17, 15) is 26.3 Å². The van der Waals surface area contributed by atoms with Crippen molar-refractivity contribution >= 4 is 10.9 Å². The lowest BCUT2D eigenvalue weighted by molar-refractivity contribution is -0.142. The molecule has 0 fully saturated rings. The number of aromatic nitrogens is 1. The van der Waals surface area contributed by atoms with E-state index in [1.54, 1.807) is 0 Å². The van der Waals surface area contributed by atoms with Crippen LogP contribution in [0.2, 0.25) is 0 Å². The predicted molar refractivity (Wildman–Crippen MR) is 55.5 cm³/mol. The zero-order valence-electron chi connectivity index (χ0n) is 9.47. The van der Waals surface area contributed by atoms with Crippen molar-refractivity contribution in [1.29, 1.82) is 0 Å². The minimum Gasteiger partial charge on any atom is -0.363 e. The monoisotopic (exact) mass is 299 g/mol. The van der Waals surface area contributed by atoms with Crippen LogP contribution in [0.4, 0.5) is 26.3 Å². The molecule has 1 aromatic carbocycles. The molecule has 0 bridgehead atoms. The Morgan fingerprint density at radius 3 is 1.95 bits per heavy atom. The molecular formula is C11H7F6NO2. The second-order valence-electron chi connectivity index (χ2n) is 4.08. The summed E-state index contributed by atoms with van der Waals surface area (Å²) in [6.45, 7) is 0. The maximum atomic E-state index is 12.8. The summed E-state index contributed by atoms with van der Waals surface area (Å²) in [4.78, 5) is 2.12. The molecule has 110 valence electrons.